The fourth-order valence-corrected chi connectivity index (χ4v) is 1.64. The summed E-state index contributed by atoms with van der Waals surface area (Å²) in [5.41, 5.74) is 5.58. The van der Waals surface area contributed by atoms with Gasteiger partial charge in [0.05, 0.1) is 7.11 Å². The zero-order valence-corrected chi connectivity index (χ0v) is 9.03. The third-order valence-electron chi connectivity index (χ3n) is 2.73. The first-order valence-corrected chi connectivity index (χ1v) is 5.24. The van der Waals surface area contributed by atoms with Crippen molar-refractivity contribution in [3.63, 3.8) is 0 Å². The topological polar surface area (TPSA) is 55.6 Å². The Kier molecular flexibility index (Phi) is 4.35. The Labute approximate surface area is 85.4 Å². The number of hydrogen-bond donors (Lipinski definition) is 1. The molecule has 0 saturated heterocycles. The number of hydrogen-bond acceptors (Lipinski definition) is 4. The van der Waals surface area contributed by atoms with Gasteiger partial charge in [0.2, 0.25) is 0 Å². The van der Waals surface area contributed by atoms with Gasteiger partial charge < -0.3 is 10.5 Å². The highest BCUT2D eigenvalue weighted by Gasteiger charge is 2.30. The Balaban J connectivity index is 2.48. The van der Waals surface area contributed by atoms with Crippen LogP contribution in [0.3, 0.4) is 0 Å². The molecule has 1 rings (SSSR count). The maximum Gasteiger partial charge on any atom is 0.324 e. The Morgan fingerprint density at radius 2 is 2.29 bits per heavy atom. The molecule has 1 aliphatic rings. The first-order valence-electron chi connectivity index (χ1n) is 5.24. The van der Waals surface area contributed by atoms with Crippen molar-refractivity contribution in [1.29, 1.82) is 0 Å². The molecule has 2 N–H and O–H groups in total. The second-order valence-corrected chi connectivity index (χ2v) is 3.81. The van der Waals surface area contributed by atoms with Gasteiger partial charge in [-0.25, -0.2) is 0 Å². The Hall–Kier alpha value is -0.610. The monoisotopic (exact) mass is 200 g/mol. The number of nitrogens with zero attached hydrogens (tertiary/aromatic N) is 1. The summed E-state index contributed by atoms with van der Waals surface area (Å²) in [6.45, 7) is 4.22. The normalized spacial score (nSPS) is 18.3. The number of nitrogens with two attached hydrogens (primary N) is 1. The van der Waals surface area contributed by atoms with Gasteiger partial charge in [-0.3, -0.25) is 9.69 Å². The van der Waals surface area contributed by atoms with Crippen molar-refractivity contribution in [3.8, 4) is 0 Å². The van der Waals surface area contributed by atoms with Crippen molar-refractivity contribution in [1.82, 2.24) is 4.90 Å². The molecule has 4 nitrogen and oxygen atoms in total. The molecule has 1 atom stereocenters. The van der Waals surface area contributed by atoms with Gasteiger partial charge in [0, 0.05) is 13.1 Å². The Bertz CT molecular complexity index is 193. The average molecular weight is 200 g/mol. The van der Waals surface area contributed by atoms with Gasteiger partial charge in [-0.1, -0.05) is 6.92 Å². The third kappa shape index (κ3) is 2.96. The van der Waals surface area contributed by atoms with Crippen LogP contribution in [-0.2, 0) is 9.53 Å². The van der Waals surface area contributed by atoms with Crippen molar-refractivity contribution < 1.29 is 9.53 Å². The summed E-state index contributed by atoms with van der Waals surface area (Å²) < 4.78 is 4.73. The summed E-state index contributed by atoms with van der Waals surface area (Å²) in [7, 11) is 1.41. The maximum atomic E-state index is 11.4. The van der Waals surface area contributed by atoms with Gasteiger partial charge in [-0.2, -0.15) is 0 Å². The quantitative estimate of drug-likeness (QED) is 0.623. The van der Waals surface area contributed by atoms with Crippen LogP contribution in [0.5, 0.6) is 0 Å². The molecule has 1 saturated carbocycles. The smallest absolute Gasteiger partial charge is 0.324 e. The number of ether oxygens (including phenoxy) is 1. The first kappa shape index (κ1) is 11.5. The third-order valence-corrected chi connectivity index (χ3v) is 2.73. The van der Waals surface area contributed by atoms with Crippen molar-refractivity contribution >= 4 is 5.97 Å². The van der Waals surface area contributed by atoms with E-state index in [0.29, 0.717) is 6.54 Å². The van der Waals surface area contributed by atoms with Gasteiger partial charge in [0.15, 0.2) is 0 Å². The summed E-state index contributed by atoms with van der Waals surface area (Å²) in [5.74, 6) is 0.559. The standard InChI is InChI=1S/C10H20N2O2/c1-3-12(7-8-4-5-8)9(6-11)10(13)14-2/h8-9H,3-7,11H2,1-2H3. The van der Waals surface area contributed by atoms with Gasteiger partial charge in [0.1, 0.15) is 6.04 Å². The lowest BCUT2D eigenvalue weighted by Crippen LogP contribution is -2.47. The van der Waals surface area contributed by atoms with E-state index in [9.17, 15) is 4.79 Å². The second-order valence-electron chi connectivity index (χ2n) is 3.81. The molecule has 0 amide bonds. The minimum absolute atomic E-state index is 0.213. The molecule has 0 heterocycles. The van der Waals surface area contributed by atoms with Gasteiger partial charge in [0.25, 0.3) is 0 Å². The van der Waals surface area contributed by atoms with Crippen molar-refractivity contribution in [2.75, 3.05) is 26.7 Å². The van der Waals surface area contributed by atoms with Crippen LogP contribution in [0, 0.1) is 5.92 Å². The Morgan fingerprint density at radius 3 is 2.64 bits per heavy atom. The van der Waals surface area contributed by atoms with Gasteiger partial charge in [-0.05, 0) is 25.3 Å². The van der Waals surface area contributed by atoms with E-state index >= 15 is 0 Å². The lowest BCUT2D eigenvalue weighted by molar-refractivity contribution is -0.146. The Morgan fingerprint density at radius 1 is 1.64 bits per heavy atom. The van der Waals surface area contributed by atoms with Gasteiger partial charge in [-0.15, -0.1) is 0 Å². The van der Waals surface area contributed by atoms with Crippen LogP contribution in [0.4, 0.5) is 0 Å². The zero-order valence-electron chi connectivity index (χ0n) is 9.03. The number of esters is 1. The fraction of sp³-hybridized carbons (Fsp3) is 0.900. The number of carbonyl (C=O) groups is 1. The number of methoxy groups -OCH3 is 1. The van der Waals surface area contributed by atoms with E-state index in [0.717, 1.165) is 19.0 Å². The molecule has 1 unspecified atom stereocenters. The van der Waals surface area contributed by atoms with Crippen LogP contribution in [0.2, 0.25) is 0 Å². The number of likely N-dealkylation sites (N-methyl/N-ethyl adjacent to an activating group) is 1. The maximum absolute atomic E-state index is 11.4. The summed E-state index contributed by atoms with van der Waals surface area (Å²) in [6.07, 6.45) is 2.57. The van der Waals surface area contributed by atoms with E-state index < -0.39 is 0 Å². The average Bonchev–Trinajstić information content (AvgIpc) is 3.00. The molecular weight excluding hydrogens is 180 g/mol. The molecule has 0 bridgehead atoms. The van der Waals surface area contributed by atoms with Crippen molar-refractivity contribution in [3.05, 3.63) is 0 Å². The highest BCUT2D eigenvalue weighted by Crippen LogP contribution is 2.30. The van der Waals surface area contributed by atoms with E-state index in [1.165, 1.54) is 20.0 Å². The van der Waals surface area contributed by atoms with E-state index in [1.54, 1.807) is 0 Å². The predicted molar refractivity (Wildman–Crippen MR) is 54.8 cm³/mol. The molecule has 0 radical (unpaired) electrons. The van der Waals surface area contributed by atoms with Crippen LogP contribution in [0.1, 0.15) is 19.8 Å². The largest absolute Gasteiger partial charge is 0.468 e. The van der Waals surface area contributed by atoms with E-state index in [1.807, 2.05) is 6.92 Å². The summed E-state index contributed by atoms with van der Waals surface area (Å²) in [5, 5.41) is 0. The highest BCUT2D eigenvalue weighted by molar-refractivity contribution is 5.75. The summed E-state index contributed by atoms with van der Waals surface area (Å²) in [6, 6.07) is -0.259. The zero-order chi connectivity index (χ0) is 10.6. The van der Waals surface area contributed by atoms with Crippen LogP contribution < -0.4 is 5.73 Å². The molecule has 0 aromatic rings. The predicted octanol–water partition coefficient (Wildman–Crippen LogP) is 0.219. The fourth-order valence-electron chi connectivity index (χ4n) is 1.64. The minimum Gasteiger partial charge on any atom is -0.468 e. The molecule has 4 heteroatoms. The van der Waals surface area contributed by atoms with E-state index in [-0.39, 0.29) is 12.0 Å². The second kappa shape index (κ2) is 5.32. The molecule has 1 fully saturated rings. The molecule has 0 aliphatic heterocycles. The van der Waals surface area contributed by atoms with Crippen molar-refractivity contribution in [2.45, 2.75) is 25.8 Å². The molecule has 82 valence electrons. The van der Waals surface area contributed by atoms with Crippen molar-refractivity contribution in [2.24, 2.45) is 11.7 Å². The molecule has 14 heavy (non-hydrogen) atoms. The molecule has 0 aromatic carbocycles. The highest BCUT2D eigenvalue weighted by atomic mass is 16.5. The lowest BCUT2D eigenvalue weighted by atomic mass is 10.2. The summed E-state index contributed by atoms with van der Waals surface area (Å²) in [4.78, 5) is 13.5. The van der Waals surface area contributed by atoms with E-state index in [4.69, 9.17) is 10.5 Å². The van der Waals surface area contributed by atoms with E-state index in [2.05, 4.69) is 4.90 Å². The van der Waals surface area contributed by atoms with Crippen LogP contribution in [0.25, 0.3) is 0 Å². The van der Waals surface area contributed by atoms with Gasteiger partial charge >= 0.3 is 5.97 Å². The minimum atomic E-state index is -0.259. The van der Waals surface area contributed by atoms with Crippen LogP contribution in [0.15, 0.2) is 0 Å². The van der Waals surface area contributed by atoms with Crippen LogP contribution >= 0.6 is 0 Å². The molecule has 1 aliphatic carbocycles. The van der Waals surface area contributed by atoms with Crippen LogP contribution in [-0.4, -0.2) is 43.7 Å². The number of carbonyl (C=O) groups excluding carboxylic acids is 1. The molecular formula is C10H20N2O2. The first-order chi connectivity index (χ1) is 6.72. The lowest BCUT2D eigenvalue weighted by Gasteiger charge is -2.27. The summed E-state index contributed by atoms with van der Waals surface area (Å²) >= 11 is 0. The number of rotatable bonds is 6. The molecule has 0 aromatic heterocycles. The SMILES string of the molecule is CCN(CC1CC1)C(CN)C(=O)OC. The molecule has 0 spiro atoms.